The number of ketones is 1. The Morgan fingerprint density at radius 3 is 2.53 bits per heavy atom. The maximum atomic E-state index is 12.2. The number of rotatable bonds is 3. The fourth-order valence-corrected chi connectivity index (χ4v) is 2.48. The zero-order valence-corrected chi connectivity index (χ0v) is 10.1. The molecule has 1 saturated carbocycles. The van der Waals surface area contributed by atoms with Crippen molar-refractivity contribution in [2.24, 2.45) is 0 Å². The standard InChI is InChI=1S/C12H16N2O3/c1-3-12(5-4-6-12)14-10(16)9(8(2)15)7-13-11(14)17/h7H,3-6H2,1-2H3,(H,13,17). The van der Waals surface area contributed by atoms with E-state index in [1.165, 1.54) is 17.7 Å². The molecular formula is C12H16N2O3. The Kier molecular flexibility index (Phi) is 2.77. The van der Waals surface area contributed by atoms with Gasteiger partial charge in [0, 0.05) is 6.20 Å². The van der Waals surface area contributed by atoms with Gasteiger partial charge in [-0.3, -0.25) is 14.2 Å². The average Bonchev–Trinajstić information content (AvgIpc) is 2.21. The van der Waals surface area contributed by atoms with Crippen LogP contribution in [0.4, 0.5) is 0 Å². The second-order valence-corrected chi connectivity index (χ2v) is 4.64. The summed E-state index contributed by atoms with van der Waals surface area (Å²) in [7, 11) is 0. The van der Waals surface area contributed by atoms with E-state index in [9.17, 15) is 14.4 Å². The molecule has 0 radical (unpaired) electrons. The lowest BCUT2D eigenvalue weighted by Crippen LogP contribution is -2.53. The van der Waals surface area contributed by atoms with Crippen LogP contribution in [0.1, 0.15) is 49.9 Å². The molecule has 1 fully saturated rings. The number of aromatic nitrogens is 2. The van der Waals surface area contributed by atoms with E-state index in [0.29, 0.717) is 0 Å². The number of hydrogen-bond acceptors (Lipinski definition) is 3. The number of carbonyl (C=O) groups is 1. The van der Waals surface area contributed by atoms with Crippen molar-refractivity contribution in [2.45, 2.75) is 45.1 Å². The van der Waals surface area contributed by atoms with Crippen LogP contribution in [0.5, 0.6) is 0 Å². The molecule has 0 amide bonds. The summed E-state index contributed by atoms with van der Waals surface area (Å²) in [6.07, 6.45) is 4.62. The summed E-state index contributed by atoms with van der Waals surface area (Å²) in [6, 6.07) is 0. The number of Topliss-reactive ketones (excluding diaryl/α,β-unsaturated/α-hetero) is 1. The van der Waals surface area contributed by atoms with Gasteiger partial charge in [0.1, 0.15) is 0 Å². The Balaban J connectivity index is 2.69. The highest BCUT2D eigenvalue weighted by molar-refractivity contribution is 5.93. The van der Waals surface area contributed by atoms with Crippen LogP contribution in [0.2, 0.25) is 0 Å². The largest absolute Gasteiger partial charge is 0.328 e. The number of carbonyl (C=O) groups excluding carboxylic acids is 1. The monoisotopic (exact) mass is 236 g/mol. The predicted octanol–water partition coefficient (Wildman–Crippen LogP) is 1.03. The minimum absolute atomic E-state index is 0.0596. The van der Waals surface area contributed by atoms with E-state index in [0.717, 1.165) is 25.7 Å². The lowest BCUT2D eigenvalue weighted by atomic mass is 9.74. The van der Waals surface area contributed by atoms with Gasteiger partial charge in [0.2, 0.25) is 0 Å². The quantitative estimate of drug-likeness (QED) is 0.797. The van der Waals surface area contributed by atoms with Gasteiger partial charge in [0.15, 0.2) is 5.78 Å². The number of hydrogen-bond donors (Lipinski definition) is 1. The Bertz CT molecular complexity index is 558. The molecule has 1 aromatic rings. The SMILES string of the molecule is CCC1(n2c(=O)[nH]cc(C(C)=O)c2=O)CCC1. The Morgan fingerprint density at radius 2 is 2.12 bits per heavy atom. The molecule has 1 aliphatic carbocycles. The first-order chi connectivity index (χ1) is 8.02. The molecule has 5 nitrogen and oxygen atoms in total. The molecule has 0 saturated heterocycles. The average molecular weight is 236 g/mol. The Morgan fingerprint density at radius 1 is 1.47 bits per heavy atom. The van der Waals surface area contributed by atoms with Crippen molar-refractivity contribution in [2.75, 3.05) is 0 Å². The minimum atomic E-state index is -0.456. The first kappa shape index (κ1) is 11.8. The summed E-state index contributed by atoms with van der Waals surface area (Å²) in [5.41, 5.74) is -1.19. The van der Waals surface area contributed by atoms with Gasteiger partial charge in [0.05, 0.1) is 11.1 Å². The second kappa shape index (κ2) is 3.98. The van der Waals surface area contributed by atoms with Gasteiger partial charge in [0.25, 0.3) is 5.56 Å². The van der Waals surface area contributed by atoms with Crippen molar-refractivity contribution in [3.63, 3.8) is 0 Å². The van der Waals surface area contributed by atoms with Crippen molar-refractivity contribution in [1.29, 1.82) is 0 Å². The first-order valence-electron chi connectivity index (χ1n) is 5.88. The third-order valence-electron chi connectivity index (χ3n) is 3.77. The van der Waals surface area contributed by atoms with E-state index >= 15 is 0 Å². The topological polar surface area (TPSA) is 71.9 Å². The molecule has 5 heteroatoms. The highest BCUT2D eigenvalue weighted by Gasteiger charge is 2.39. The summed E-state index contributed by atoms with van der Waals surface area (Å²) in [5.74, 6) is -0.314. The van der Waals surface area contributed by atoms with Crippen molar-refractivity contribution in [3.8, 4) is 0 Å². The van der Waals surface area contributed by atoms with Gasteiger partial charge >= 0.3 is 5.69 Å². The predicted molar refractivity (Wildman–Crippen MR) is 63.4 cm³/mol. The highest BCUT2D eigenvalue weighted by Crippen LogP contribution is 2.40. The molecule has 1 N–H and O–H groups in total. The van der Waals surface area contributed by atoms with Gasteiger partial charge < -0.3 is 4.98 Å². The van der Waals surface area contributed by atoms with Gasteiger partial charge in [-0.25, -0.2) is 4.79 Å². The van der Waals surface area contributed by atoms with Crippen LogP contribution in [-0.2, 0) is 5.54 Å². The molecule has 2 rings (SSSR count). The van der Waals surface area contributed by atoms with Crippen LogP contribution >= 0.6 is 0 Å². The normalized spacial score (nSPS) is 17.5. The van der Waals surface area contributed by atoms with Crippen LogP contribution in [0, 0.1) is 0 Å². The van der Waals surface area contributed by atoms with Crippen molar-refractivity contribution >= 4 is 5.78 Å². The highest BCUT2D eigenvalue weighted by atomic mass is 16.2. The lowest BCUT2D eigenvalue weighted by molar-refractivity contribution is 0.1000. The lowest BCUT2D eigenvalue weighted by Gasteiger charge is -2.42. The van der Waals surface area contributed by atoms with Gasteiger partial charge in [-0.15, -0.1) is 0 Å². The third-order valence-corrected chi connectivity index (χ3v) is 3.77. The molecular weight excluding hydrogens is 220 g/mol. The molecule has 92 valence electrons. The number of aromatic amines is 1. The van der Waals surface area contributed by atoms with E-state index in [1.807, 2.05) is 6.92 Å². The maximum absolute atomic E-state index is 12.2. The van der Waals surface area contributed by atoms with E-state index in [1.54, 1.807) is 0 Å². The number of nitrogens with one attached hydrogen (secondary N) is 1. The van der Waals surface area contributed by atoms with Crippen molar-refractivity contribution in [1.82, 2.24) is 9.55 Å². The van der Waals surface area contributed by atoms with Crippen LogP contribution in [0.25, 0.3) is 0 Å². The number of H-pyrrole nitrogens is 1. The van der Waals surface area contributed by atoms with Gasteiger partial charge in [-0.1, -0.05) is 6.92 Å². The summed E-state index contributed by atoms with van der Waals surface area (Å²) in [4.78, 5) is 37.8. The molecule has 0 bridgehead atoms. The zero-order valence-electron chi connectivity index (χ0n) is 10.1. The van der Waals surface area contributed by atoms with E-state index < -0.39 is 11.2 Å². The summed E-state index contributed by atoms with van der Waals surface area (Å²) < 4.78 is 1.24. The Labute approximate surface area is 98.5 Å². The van der Waals surface area contributed by atoms with Crippen LogP contribution in [0.3, 0.4) is 0 Å². The molecule has 0 atom stereocenters. The fourth-order valence-electron chi connectivity index (χ4n) is 2.48. The van der Waals surface area contributed by atoms with E-state index in [2.05, 4.69) is 4.98 Å². The van der Waals surface area contributed by atoms with Crippen molar-refractivity contribution in [3.05, 3.63) is 32.6 Å². The molecule has 0 aliphatic heterocycles. The van der Waals surface area contributed by atoms with Crippen molar-refractivity contribution < 1.29 is 4.79 Å². The van der Waals surface area contributed by atoms with Gasteiger partial charge in [-0.2, -0.15) is 0 Å². The smallest absolute Gasteiger partial charge is 0.313 e. The van der Waals surface area contributed by atoms with Crippen LogP contribution in [0.15, 0.2) is 15.8 Å². The molecule has 1 aliphatic rings. The molecule has 1 aromatic heterocycles. The third kappa shape index (κ3) is 1.66. The fraction of sp³-hybridized carbons (Fsp3) is 0.583. The first-order valence-corrected chi connectivity index (χ1v) is 5.88. The molecule has 0 aromatic carbocycles. The van der Waals surface area contributed by atoms with Crippen LogP contribution < -0.4 is 11.2 Å². The number of nitrogens with zero attached hydrogens (tertiary/aromatic N) is 1. The summed E-state index contributed by atoms with van der Waals surface area (Å²) >= 11 is 0. The summed E-state index contributed by atoms with van der Waals surface area (Å²) in [5, 5.41) is 0. The molecule has 0 spiro atoms. The second-order valence-electron chi connectivity index (χ2n) is 4.64. The minimum Gasteiger partial charge on any atom is -0.313 e. The zero-order chi connectivity index (χ0) is 12.6. The van der Waals surface area contributed by atoms with E-state index in [-0.39, 0.29) is 16.9 Å². The van der Waals surface area contributed by atoms with Gasteiger partial charge in [-0.05, 0) is 32.6 Å². The maximum Gasteiger partial charge on any atom is 0.328 e. The Hall–Kier alpha value is -1.65. The van der Waals surface area contributed by atoms with Crippen LogP contribution in [-0.4, -0.2) is 15.3 Å². The molecule has 17 heavy (non-hydrogen) atoms. The molecule has 0 unspecified atom stereocenters. The molecule has 1 heterocycles. The van der Waals surface area contributed by atoms with E-state index in [4.69, 9.17) is 0 Å². The summed E-state index contributed by atoms with van der Waals surface area (Å²) in [6.45, 7) is 3.30.